The van der Waals surface area contributed by atoms with Crippen LogP contribution in [0.15, 0.2) is 47.4 Å². The van der Waals surface area contributed by atoms with Crippen molar-refractivity contribution in [1.29, 1.82) is 0 Å². The van der Waals surface area contributed by atoms with E-state index in [4.69, 9.17) is 15.4 Å². The summed E-state index contributed by atoms with van der Waals surface area (Å²) in [5, 5.41) is 8.94. The Hall–Kier alpha value is -1.85. The molecule has 19 heavy (non-hydrogen) atoms. The van der Waals surface area contributed by atoms with E-state index >= 15 is 0 Å². The molecule has 0 radical (unpaired) electrons. The summed E-state index contributed by atoms with van der Waals surface area (Å²) in [6, 6.07) is 12.2. The van der Waals surface area contributed by atoms with Crippen molar-refractivity contribution in [1.82, 2.24) is 0 Å². The minimum Gasteiger partial charge on any atom is -0.508 e. The Balaban J connectivity index is 0.000000200. The third kappa shape index (κ3) is 4.73. The van der Waals surface area contributed by atoms with Crippen LogP contribution in [0.1, 0.15) is 11.1 Å². The van der Waals surface area contributed by atoms with Gasteiger partial charge in [-0.25, -0.2) is 4.21 Å². The van der Waals surface area contributed by atoms with Gasteiger partial charge in [0.1, 0.15) is 5.75 Å². The summed E-state index contributed by atoms with van der Waals surface area (Å²) in [6.07, 6.45) is 0. The first-order valence-electron chi connectivity index (χ1n) is 5.63. The first-order valence-corrected chi connectivity index (χ1v) is 6.74. The van der Waals surface area contributed by atoms with Crippen LogP contribution in [0.2, 0.25) is 0 Å². The fourth-order valence-electron chi connectivity index (χ4n) is 1.36. The molecule has 0 fully saturated rings. The second-order valence-electron chi connectivity index (χ2n) is 4.06. The number of rotatable bonds is 1. The summed E-state index contributed by atoms with van der Waals surface area (Å²) in [4.78, 5) is 0.255. The van der Waals surface area contributed by atoms with Gasteiger partial charge in [-0.2, -0.15) is 0 Å². The van der Waals surface area contributed by atoms with Gasteiger partial charge in [0.25, 0.3) is 0 Å². The molecule has 0 aliphatic carbocycles. The van der Waals surface area contributed by atoms with Gasteiger partial charge in [-0.05, 0) is 43.2 Å². The van der Waals surface area contributed by atoms with E-state index in [0.29, 0.717) is 5.56 Å². The fraction of sp³-hybridized carbons (Fsp3) is 0.143. The number of hydrogen-bond donors (Lipinski definition) is 3. The highest BCUT2D eigenvalue weighted by atomic mass is 32.2. The van der Waals surface area contributed by atoms with Crippen molar-refractivity contribution in [3.63, 3.8) is 0 Å². The summed E-state index contributed by atoms with van der Waals surface area (Å²) >= 11 is -2.01. The van der Waals surface area contributed by atoms with Crippen molar-refractivity contribution in [3.8, 4) is 5.75 Å². The number of nitrogens with two attached hydrogens (primary N) is 1. The highest BCUT2D eigenvalue weighted by molar-refractivity contribution is 7.79. The molecule has 5 heteroatoms. The number of hydrogen-bond acceptors (Lipinski definition) is 3. The lowest BCUT2D eigenvalue weighted by Gasteiger charge is -1.99. The Morgan fingerprint density at radius 2 is 1.68 bits per heavy atom. The molecule has 2 aromatic rings. The molecule has 4 N–H and O–H groups in total. The van der Waals surface area contributed by atoms with Gasteiger partial charge in [-0.15, -0.1) is 0 Å². The predicted molar refractivity (Wildman–Crippen MR) is 77.5 cm³/mol. The first-order chi connectivity index (χ1) is 8.91. The van der Waals surface area contributed by atoms with E-state index in [1.54, 1.807) is 13.0 Å². The van der Waals surface area contributed by atoms with Crippen LogP contribution in [0.5, 0.6) is 5.75 Å². The largest absolute Gasteiger partial charge is 0.508 e. The van der Waals surface area contributed by atoms with E-state index in [0.717, 1.165) is 11.3 Å². The summed E-state index contributed by atoms with van der Waals surface area (Å²) in [5.74, 6) is 0.00741. The van der Waals surface area contributed by atoms with E-state index < -0.39 is 11.1 Å². The lowest BCUT2D eigenvalue weighted by Crippen LogP contribution is -1.91. The van der Waals surface area contributed by atoms with Gasteiger partial charge in [-0.1, -0.05) is 24.3 Å². The predicted octanol–water partition coefficient (Wildman–Crippen LogP) is 2.86. The van der Waals surface area contributed by atoms with Crippen molar-refractivity contribution in [3.05, 3.63) is 53.6 Å². The van der Waals surface area contributed by atoms with Crippen molar-refractivity contribution in [2.75, 3.05) is 5.73 Å². The molecule has 0 saturated carbocycles. The Labute approximate surface area is 115 Å². The van der Waals surface area contributed by atoms with Gasteiger partial charge in [0.15, 0.2) is 11.1 Å². The van der Waals surface area contributed by atoms with Gasteiger partial charge in [-0.3, -0.25) is 0 Å². The maximum absolute atomic E-state index is 10.6. The maximum Gasteiger partial charge on any atom is 0.186 e. The molecule has 0 aliphatic rings. The van der Waals surface area contributed by atoms with Gasteiger partial charge in [0.2, 0.25) is 0 Å². The highest BCUT2D eigenvalue weighted by Crippen LogP contribution is 2.17. The zero-order valence-electron chi connectivity index (χ0n) is 10.8. The average Bonchev–Trinajstić information content (AvgIpc) is 2.36. The quantitative estimate of drug-likeness (QED) is 0.553. The lowest BCUT2D eigenvalue weighted by atomic mass is 10.2. The van der Waals surface area contributed by atoms with Crippen molar-refractivity contribution < 1.29 is 13.9 Å². The standard InChI is InChI=1S/C7H9N.C7H8O3S/c1-6-4-2-3-5-7(6)8;1-5-2-3-6(8)4-7(5)11(9)10/h2-5H,8H2,1H3;2-4,8H,1H3,(H,9,10). The zero-order valence-corrected chi connectivity index (χ0v) is 11.6. The Morgan fingerprint density at radius 1 is 1.05 bits per heavy atom. The molecule has 1 atom stereocenters. The zero-order chi connectivity index (χ0) is 14.4. The molecule has 0 aromatic heterocycles. The Morgan fingerprint density at radius 3 is 2.11 bits per heavy atom. The molecule has 2 rings (SSSR count). The van der Waals surface area contributed by atoms with Crippen LogP contribution >= 0.6 is 0 Å². The Bertz CT molecular complexity index is 564. The topological polar surface area (TPSA) is 83.5 Å². The molecule has 0 saturated heterocycles. The second-order valence-corrected chi connectivity index (χ2v) is 4.99. The number of benzene rings is 2. The fourth-order valence-corrected chi connectivity index (χ4v) is 1.93. The monoisotopic (exact) mass is 279 g/mol. The van der Waals surface area contributed by atoms with Gasteiger partial charge in [0.05, 0.1) is 4.90 Å². The average molecular weight is 279 g/mol. The summed E-state index contributed by atoms with van der Waals surface area (Å²) in [7, 11) is 0. The second kappa shape index (κ2) is 6.92. The van der Waals surface area contributed by atoms with E-state index in [-0.39, 0.29) is 10.6 Å². The van der Waals surface area contributed by atoms with Gasteiger partial charge >= 0.3 is 0 Å². The van der Waals surface area contributed by atoms with Crippen molar-refractivity contribution >= 4 is 16.8 Å². The van der Waals surface area contributed by atoms with Crippen LogP contribution in [0.4, 0.5) is 5.69 Å². The highest BCUT2D eigenvalue weighted by Gasteiger charge is 2.04. The summed E-state index contributed by atoms with van der Waals surface area (Å²) in [5.41, 5.74) is 8.23. The first kappa shape index (κ1) is 15.2. The third-order valence-corrected chi connectivity index (χ3v) is 3.36. The molecule has 102 valence electrons. The minimum atomic E-state index is -2.01. The minimum absolute atomic E-state index is 0.00741. The molecular weight excluding hydrogens is 262 g/mol. The smallest absolute Gasteiger partial charge is 0.186 e. The van der Waals surface area contributed by atoms with E-state index in [1.807, 2.05) is 31.2 Å². The molecular formula is C14H17NO3S. The third-order valence-electron chi connectivity index (χ3n) is 2.55. The molecule has 1 unspecified atom stereocenters. The molecule has 0 bridgehead atoms. The van der Waals surface area contributed by atoms with Crippen LogP contribution in [-0.4, -0.2) is 13.9 Å². The van der Waals surface area contributed by atoms with E-state index in [9.17, 15) is 4.21 Å². The maximum atomic E-state index is 10.6. The number of phenols is 1. The number of aryl methyl sites for hydroxylation is 2. The van der Waals surface area contributed by atoms with Crippen molar-refractivity contribution in [2.24, 2.45) is 0 Å². The van der Waals surface area contributed by atoms with Crippen molar-refractivity contribution in [2.45, 2.75) is 18.7 Å². The number of para-hydroxylation sites is 1. The number of anilines is 1. The number of phenolic OH excluding ortho intramolecular Hbond substituents is 1. The molecule has 0 amide bonds. The molecule has 0 heterocycles. The van der Waals surface area contributed by atoms with E-state index in [2.05, 4.69) is 0 Å². The number of nitrogen functional groups attached to an aromatic ring is 1. The van der Waals surface area contributed by atoms with Crippen LogP contribution in [0, 0.1) is 13.8 Å². The van der Waals surface area contributed by atoms with Crippen LogP contribution < -0.4 is 5.73 Å². The SMILES string of the molecule is Cc1ccc(O)cc1S(=O)O.Cc1ccccc1N. The Kier molecular flexibility index (Phi) is 5.54. The van der Waals surface area contributed by atoms with Crippen LogP contribution in [-0.2, 0) is 11.1 Å². The summed E-state index contributed by atoms with van der Waals surface area (Å²) < 4.78 is 19.3. The van der Waals surface area contributed by atoms with Crippen LogP contribution in [0.3, 0.4) is 0 Å². The van der Waals surface area contributed by atoms with Crippen LogP contribution in [0.25, 0.3) is 0 Å². The lowest BCUT2D eigenvalue weighted by molar-refractivity contribution is 0.472. The van der Waals surface area contributed by atoms with Gasteiger partial charge in [0, 0.05) is 5.69 Å². The molecule has 2 aromatic carbocycles. The summed E-state index contributed by atoms with van der Waals surface area (Å²) in [6.45, 7) is 3.71. The van der Waals surface area contributed by atoms with Gasteiger partial charge < -0.3 is 15.4 Å². The normalized spacial score (nSPS) is 11.3. The molecule has 0 aliphatic heterocycles. The molecule has 4 nitrogen and oxygen atoms in total. The van der Waals surface area contributed by atoms with E-state index in [1.165, 1.54) is 12.1 Å². The molecule has 0 spiro atoms. The number of aromatic hydroxyl groups is 1.